The minimum absolute atomic E-state index is 0.0331. The van der Waals surface area contributed by atoms with E-state index >= 15 is 0 Å². The van der Waals surface area contributed by atoms with Gasteiger partial charge in [-0.15, -0.1) is 0 Å². The number of nitrogens with zero attached hydrogens (tertiary/aromatic N) is 1. The van der Waals surface area contributed by atoms with E-state index in [1.165, 1.54) is 24.3 Å². The molecule has 0 unspecified atom stereocenters. The molecule has 1 rings (SSSR count). The molecule has 0 aliphatic heterocycles. The molecule has 0 radical (unpaired) electrons. The molecule has 0 heterocycles. The Hall–Kier alpha value is -2.38. The summed E-state index contributed by atoms with van der Waals surface area (Å²) in [7, 11) is 0. The molecular weight excluding hydrogens is 286 g/mol. The number of amides is 2. The van der Waals surface area contributed by atoms with Crippen molar-refractivity contribution in [3.63, 3.8) is 0 Å². The minimum atomic E-state index is -2.92. The highest BCUT2D eigenvalue weighted by molar-refractivity contribution is 5.91. The van der Waals surface area contributed by atoms with Crippen LogP contribution in [0.5, 0.6) is 5.75 Å². The van der Waals surface area contributed by atoms with Crippen molar-refractivity contribution in [1.29, 1.82) is 0 Å². The minimum Gasteiger partial charge on any atom is -0.480 e. The molecule has 2 N–H and O–H groups in total. The molecule has 0 aliphatic rings. The molecule has 0 spiro atoms. The van der Waals surface area contributed by atoms with Crippen LogP contribution in [0.2, 0.25) is 0 Å². The second-order valence-corrected chi connectivity index (χ2v) is 4.45. The van der Waals surface area contributed by atoms with E-state index in [0.717, 1.165) is 4.90 Å². The average Bonchev–Trinajstić information content (AvgIpc) is 2.37. The van der Waals surface area contributed by atoms with Gasteiger partial charge in [0.15, 0.2) is 0 Å². The van der Waals surface area contributed by atoms with Crippen LogP contribution in [0.1, 0.15) is 13.8 Å². The van der Waals surface area contributed by atoms with E-state index < -0.39 is 25.2 Å². The fourth-order valence-electron chi connectivity index (χ4n) is 1.55. The Kier molecular flexibility index (Phi) is 5.89. The summed E-state index contributed by atoms with van der Waals surface area (Å²) in [4.78, 5) is 23.8. The maximum atomic E-state index is 12.0. The van der Waals surface area contributed by atoms with Crippen LogP contribution in [0.3, 0.4) is 0 Å². The van der Waals surface area contributed by atoms with Gasteiger partial charge in [-0.1, -0.05) is 0 Å². The first-order valence-corrected chi connectivity index (χ1v) is 6.14. The number of anilines is 1. The number of alkyl halides is 2. The summed E-state index contributed by atoms with van der Waals surface area (Å²) < 4.78 is 28.2. The number of hydrogen-bond donors (Lipinski definition) is 2. The number of urea groups is 1. The molecule has 0 saturated heterocycles. The zero-order valence-electron chi connectivity index (χ0n) is 11.5. The molecule has 0 atom stereocenters. The van der Waals surface area contributed by atoms with E-state index in [4.69, 9.17) is 5.11 Å². The summed E-state index contributed by atoms with van der Waals surface area (Å²) in [6.45, 7) is 0.0118. The van der Waals surface area contributed by atoms with Crippen LogP contribution in [0.15, 0.2) is 24.3 Å². The lowest BCUT2D eigenvalue weighted by Gasteiger charge is -2.25. The van der Waals surface area contributed by atoms with Crippen LogP contribution in [-0.2, 0) is 4.79 Å². The molecule has 0 bridgehead atoms. The van der Waals surface area contributed by atoms with E-state index in [9.17, 15) is 18.4 Å². The van der Waals surface area contributed by atoms with Crippen molar-refractivity contribution < 1.29 is 28.2 Å². The van der Waals surface area contributed by atoms with Crippen molar-refractivity contribution >= 4 is 17.7 Å². The number of ether oxygens (including phenoxy) is 1. The van der Waals surface area contributed by atoms with Gasteiger partial charge in [0, 0.05) is 11.7 Å². The van der Waals surface area contributed by atoms with Crippen LogP contribution >= 0.6 is 0 Å². The summed E-state index contributed by atoms with van der Waals surface area (Å²) >= 11 is 0. The number of carbonyl (C=O) groups is 2. The molecular formula is C13H16F2N2O4. The Morgan fingerprint density at radius 1 is 1.29 bits per heavy atom. The third-order valence-electron chi connectivity index (χ3n) is 2.52. The van der Waals surface area contributed by atoms with E-state index in [1.54, 1.807) is 13.8 Å². The van der Waals surface area contributed by atoms with Gasteiger partial charge in [0.1, 0.15) is 12.3 Å². The number of carbonyl (C=O) groups excluding carboxylic acids is 1. The van der Waals surface area contributed by atoms with Crippen molar-refractivity contribution in [2.45, 2.75) is 26.5 Å². The first-order valence-electron chi connectivity index (χ1n) is 6.14. The van der Waals surface area contributed by atoms with Gasteiger partial charge in [-0.05, 0) is 38.1 Å². The van der Waals surface area contributed by atoms with Gasteiger partial charge in [0.25, 0.3) is 0 Å². The first kappa shape index (κ1) is 16.7. The Balaban J connectivity index is 2.70. The fraction of sp³-hybridized carbons (Fsp3) is 0.385. The summed E-state index contributed by atoms with van der Waals surface area (Å²) in [6, 6.07) is 4.43. The zero-order chi connectivity index (χ0) is 16.0. The van der Waals surface area contributed by atoms with Gasteiger partial charge in [0.2, 0.25) is 0 Å². The summed E-state index contributed by atoms with van der Waals surface area (Å²) in [5, 5.41) is 11.2. The van der Waals surface area contributed by atoms with Gasteiger partial charge in [-0.2, -0.15) is 8.78 Å². The molecule has 8 heteroatoms. The topological polar surface area (TPSA) is 78.9 Å². The second-order valence-electron chi connectivity index (χ2n) is 4.45. The van der Waals surface area contributed by atoms with Gasteiger partial charge >= 0.3 is 18.6 Å². The van der Waals surface area contributed by atoms with Gasteiger partial charge < -0.3 is 20.1 Å². The van der Waals surface area contributed by atoms with Gasteiger partial charge in [0.05, 0.1) is 0 Å². The molecule has 0 fully saturated rings. The smallest absolute Gasteiger partial charge is 0.387 e. The monoisotopic (exact) mass is 302 g/mol. The van der Waals surface area contributed by atoms with Crippen molar-refractivity contribution in [3.05, 3.63) is 24.3 Å². The molecule has 0 aliphatic carbocycles. The molecule has 21 heavy (non-hydrogen) atoms. The summed E-state index contributed by atoms with van der Waals surface area (Å²) in [6.07, 6.45) is 0. The maximum absolute atomic E-state index is 12.0. The van der Waals surface area contributed by atoms with Crippen LogP contribution in [-0.4, -0.2) is 41.2 Å². The molecule has 0 aromatic heterocycles. The SMILES string of the molecule is CC(C)N(CC(=O)O)C(=O)Nc1ccc(OC(F)F)cc1. The number of rotatable bonds is 6. The number of carboxylic acids is 1. The van der Waals surface area contributed by atoms with Crippen LogP contribution < -0.4 is 10.1 Å². The third-order valence-corrected chi connectivity index (χ3v) is 2.52. The van der Waals surface area contributed by atoms with Crippen molar-refractivity contribution in [2.24, 2.45) is 0 Å². The van der Waals surface area contributed by atoms with E-state index in [0.29, 0.717) is 5.69 Å². The highest BCUT2D eigenvalue weighted by atomic mass is 19.3. The highest BCUT2D eigenvalue weighted by Crippen LogP contribution is 2.18. The van der Waals surface area contributed by atoms with Crippen LogP contribution in [0.4, 0.5) is 19.3 Å². The molecule has 6 nitrogen and oxygen atoms in total. The summed E-state index contributed by atoms with van der Waals surface area (Å²) in [5.74, 6) is -1.16. The Labute approximate surface area is 120 Å². The van der Waals surface area contributed by atoms with E-state index in [2.05, 4.69) is 10.1 Å². The Morgan fingerprint density at radius 3 is 2.29 bits per heavy atom. The van der Waals surface area contributed by atoms with E-state index in [-0.39, 0.29) is 11.8 Å². The van der Waals surface area contributed by atoms with Gasteiger partial charge in [-0.25, -0.2) is 4.79 Å². The quantitative estimate of drug-likeness (QED) is 0.846. The maximum Gasteiger partial charge on any atom is 0.387 e. The lowest BCUT2D eigenvalue weighted by molar-refractivity contribution is -0.137. The predicted octanol–water partition coefficient (Wildman–Crippen LogP) is 2.61. The molecule has 2 amide bonds. The molecule has 1 aromatic rings. The fourth-order valence-corrected chi connectivity index (χ4v) is 1.55. The number of carboxylic acid groups (broad SMARTS) is 1. The van der Waals surface area contributed by atoms with Crippen molar-refractivity contribution in [2.75, 3.05) is 11.9 Å². The Morgan fingerprint density at radius 2 is 1.86 bits per heavy atom. The average molecular weight is 302 g/mol. The van der Waals surface area contributed by atoms with Crippen molar-refractivity contribution in [3.8, 4) is 5.75 Å². The number of hydrogen-bond acceptors (Lipinski definition) is 3. The third kappa shape index (κ3) is 5.64. The summed E-state index contributed by atoms with van der Waals surface area (Å²) in [5.41, 5.74) is 0.345. The van der Waals surface area contributed by atoms with Crippen molar-refractivity contribution in [1.82, 2.24) is 4.90 Å². The predicted molar refractivity (Wildman–Crippen MR) is 71.6 cm³/mol. The zero-order valence-corrected chi connectivity index (χ0v) is 11.5. The lowest BCUT2D eigenvalue weighted by Crippen LogP contribution is -2.43. The number of benzene rings is 1. The standard InChI is InChI=1S/C13H16F2N2O4/c1-8(2)17(7-11(18)19)13(20)16-9-3-5-10(6-4-9)21-12(14)15/h3-6,8,12H,7H2,1-2H3,(H,16,20)(H,18,19). The van der Waals surface area contributed by atoms with Crippen LogP contribution in [0.25, 0.3) is 0 Å². The largest absolute Gasteiger partial charge is 0.480 e. The number of nitrogens with one attached hydrogen (secondary N) is 1. The number of halogens is 2. The van der Waals surface area contributed by atoms with Gasteiger partial charge in [-0.3, -0.25) is 4.79 Å². The Bertz CT molecular complexity index is 491. The van der Waals surface area contributed by atoms with Crippen LogP contribution in [0, 0.1) is 0 Å². The first-order chi connectivity index (χ1) is 9.79. The second kappa shape index (κ2) is 7.41. The molecule has 1 aromatic carbocycles. The highest BCUT2D eigenvalue weighted by Gasteiger charge is 2.19. The number of aliphatic carboxylic acids is 1. The molecule has 116 valence electrons. The lowest BCUT2D eigenvalue weighted by atomic mass is 10.3. The molecule has 0 saturated carbocycles. The normalized spacial score (nSPS) is 10.6. The van der Waals surface area contributed by atoms with E-state index in [1.807, 2.05) is 0 Å².